The summed E-state index contributed by atoms with van der Waals surface area (Å²) in [7, 11) is 0. The molecule has 1 N–H and O–H groups in total. The van der Waals surface area contributed by atoms with Gasteiger partial charge < -0.3 is 9.64 Å². The predicted octanol–water partition coefficient (Wildman–Crippen LogP) is 3.91. The van der Waals surface area contributed by atoms with Crippen LogP contribution in [0.25, 0.3) is 0 Å². The van der Waals surface area contributed by atoms with E-state index in [4.69, 9.17) is 4.74 Å². The van der Waals surface area contributed by atoms with Gasteiger partial charge in [-0.2, -0.15) is 0 Å². The molecule has 0 bridgehead atoms. The summed E-state index contributed by atoms with van der Waals surface area (Å²) in [5.74, 6) is -0.588. The Balaban J connectivity index is 1.75. The van der Waals surface area contributed by atoms with E-state index in [0.29, 0.717) is 30.2 Å². The molecular weight excluding hydrogens is 396 g/mol. The molecule has 0 fully saturated rings. The maximum atomic E-state index is 12.6. The van der Waals surface area contributed by atoms with E-state index in [-0.39, 0.29) is 11.3 Å². The van der Waals surface area contributed by atoms with Crippen molar-refractivity contribution in [3.05, 3.63) is 50.0 Å². The highest BCUT2D eigenvalue weighted by Gasteiger charge is 2.29. The van der Waals surface area contributed by atoms with Crippen LogP contribution in [0.3, 0.4) is 0 Å². The zero-order valence-electron chi connectivity index (χ0n) is 16.6. The fraction of sp³-hybridized carbons (Fsp3) is 0.421. The molecule has 29 heavy (non-hydrogen) atoms. The minimum atomic E-state index is -0.588. The summed E-state index contributed by atoms with van der Waals surface area (Å²) in [4.78, 5) is 42.5. The summed E-state index contributed by atoms with van der Waals surface area (Å²) in [5.41, 5.74) is 0.408. The van der Waals surface area contributed by atoms with Gasteiger partial charge in [-0.05, 0) is 33.8 Å². The number of nitro groups is 1. The molecule has 1 aliphatic heterocycles. The topological polar surface area (TPSA) is 115 Å². The molecule has 154 valence electrons. The SMILES string of the molecule is Cc1cccc(C(=O)Nc2nc3c(s2)CN(C(=O)OC(C)(C)C)CC3)c1[N+](=O)[O-]. The Morgan fingerprint density at radius 3 is 2.72 bits per heavy atom. The van der Waals surface area contributed by atoms with Gasteiger partial charge in [0.15, 0.2) is 5.13 Å². The van der Waals surface area contributed by atoms with Crippen LogP contribution in [0.15, 0.2) is 18.2 Å². The van der Waals surface area contributed by atoms with Crippen LogP contribution in [-0.4, -0.2) is 39.0 Å². The fourth-order valence-corrected chi connectivity index (χ4v) is 4.00. The van der Waals surface area contributed by atoms with Crippen molar-refractivity contribution in [1.82, 2.24) is 9.88 Å². The van der Waals surface area contributed by atoms with E-state index in [1.54, 1.807) is 24.0 Å². The minimum absolute atomic E-state index is 0.0152. The highest BCUT2D eigenvalue weighted by molar-refractivity contribution is 7.15. The van der Waals surface area contributed by atoms with Gasteiger partial charge in [0.25, 0.3) is 11.6 Å². The van der Waals surface area contributed by atoms with E-state index in [2.05, 4.69) is 10.3 Å². The normalized spacial score (nSPS) is 13.6. The van der Waals surface area contributed by atoms with E-state index < -0.39 is 22.5 Å². The predicted molar refractivity (Wildman–Crippen MR) is 108 cm³/mol. The average Bonchev–Trinajstić information content (AvgIpc) is 3.00. The standard InChI is InChI=1S/C19H22N4O5S/c1-11-6-5-7-12(15(11)23(26)27)16(24)21-17-20-13-8-9-22(10-14(13)29-17)18(25)28-19(2,3)4/h5-7H,8-10H2,1-4H3,(H,20,21,24). The average molecular weight is 418 g/mol. The van der Waals surface area contributed by atoms with Crippen LogP contribution in [0.1, 0.15) is 47.3 Å². The summed E-state index contributed by atoms with van der Waals surface area (Å²) in [6, 6.07) is 4.60. The second kappa shape index (κ2) is 7.78. The zero-order chi connectivity index (χ0) is 21.3. The summed E-state index contributed by atoms with van der Waals surface area (Å²) in [5, 5.41) is 14.3. The molecule has 1 aromatic heterocycles. The lowest BCUT2D eigenvalue weighted by atomic mass is 10.1. The number of carbonyl (C=O) groups excluding carboxylic acids is 2. The van der Waals surface area contributed by atoms with Crippen molar-refractivity contribution in [3.8, 4) is 0 Å². The van der Waals surface area contributed by atoms with Crippen LogP contribution >= 0.6 is 11.3 Å². The van der Waals surface area contributed by atoms with Crippen molar-refractivity contribution in [1.29, 1.82) is 0 Å². The van der Waals surface area contributed by atoms with Gasteiger partial charge in [-0.15, -0.1) is 0 Å². The van der Waals surface area contributed by atoms with Crippen molar-refractivity contribution in [2.45, 2.75) is 46.3 Å². The number of rotatable bonds is 3. The van der Waals surface area contributed by atoms with Gasteiger partial charge in [-0.25, -0.2) is 9.78 Å². The first-order valence-corrected chi connectivity index (χ1v) is 9.88. The molecular formula is C19H22N4O5S. The minimum Gasteiger partial charge on any atom is -0.444 e. The number of nitrogens with zero attached hydrogens (tertiary/aromatic N) is 3. The molecule has 9 nitrogen and oxygen atoms in total. The number of aromatic nitrogens is 1. The Morgan fingerprint density at radius 1 is 1.34 bits per heavy atom. The van der Waals surface area contributed by atoms with Gasteiger partial charge in [0.1, 0.15) is 11.2 Å². The van der Waals surface area contributed by atoms with E-state index in [0.717, 1.165) is 10.6 Å². The molecule has 0 atom stereocenters. The number of nitro benzene ring substituents is 1. The van der Waals surface area contributed by atoms with Crippen molar-refractivity contribution in [2.24, 2.45) is 0 Å². The number of benzene rings is 1. The molecule has 0 radical (unpaired) electrons. The van der Waals surface area contributed by atoms with Crippen LogP contribution in [0.2, 0.25) is 0 Å². The van der Waals surface area contributed by atoms with Crippen LogP contribution in [-0.2, 0) is 17.7 Å². The van der Waals surface area contributed by atoms with Crippen molar-refractivity contribution in [3.63, 3.8) is 0 Å². The van der Waals surface area contributed by atoms with Gasteiger partial charge in [-0.3, -0.25) is 20.2 Å². The molecule has 3 rings (SSSR count). The largest absolute Gasteiger partial charge is 0.444 e. The number of hydrogen-bond donors (Lipinski definition) is 1. The smallest absolute Gasteiger partial charge is 0.410 e. The number of amides is 2. The molecule has 0 spiro atoms. The third-order valence-corrected chi connectivity index (χ3v) is 5.27. The summed E-state index contributed by atoms with van der Waals surface area (Å²) in [6.45, 7) is 7.84. The van der Waals surface area contributed by atoms with Crippen molar-refractivity contribution in [2.75, 3.05) is 11.9 Å². The number of carbonyl (C=O) groups is 2. The molecule has 10 heteroatoms. The number of fused-ring (bicyclic) bond motifs is 1. The molecule has 2 amide bonds. The number of anilines is 1. The highest BCUT2D eigenvalue weighted by atomic mass is 32.1. The molecule has 2 aromatic rings. The molecule has 0 saturated carbocycles. The molecule has 0 aliphatic carbocycles. The van der Waals surface area contributed by atoms with E-state index >= 15 is 0 Å². The maximum Gasteiger partial charge on any atom is 0.410 e. The second-order valence-corrected chi connectivity index (χ2v) is 8.81. The van der Waals surface area contributed by atoms with Crippen molar-refractivity contribution >= 4 is 34.2 Å². The Hall–Kier alpha value is -3.01. The van der Waals surface area contributed by atoms with Crippen LogP contribution in [0.4, 0.5) is 15.6 Å². The number of para-hydroxylation sites is 1. The third kappa shape index (κ3) is 4.70. The lowest BCUT2D eigenvalue weighted by Gasteiger charge is -2.29. The van der Waals surface area contributed by atoms with Gasteiger partial charge in [0, 0.05) is 23.4 Å². The second-order valence-electron chi connectivity index (χ2n) is 7.72. The molecule has 2 heterocycles. The monoisotopic (exact) mass is 418 g/mol. The number of nitrogens with one attached hydrogen (secondary N) is 1. The van der Waals surface area contributed by atoms with Crippen molar-refractivity contribution < 1.29 is 19.2 Å². The molecule has 0 unspecified atom stereocenters. The van der Waals surface area contributed by atoms with Gasteiger partial charge >= 0.3 is 6.09 Å². The number of hydrogen-bond acceptors (Lipinski definition) is 7. The Kier molecular flexibility index (Phi) is 5.56. The quantitative estimate of drug-likeness (QED) is 0.597. The number of aryl methyl sites for hydroxylation is 1. The Morgan fingerprint density at radius 2 is 2.07 bits per heavy atom. The Labute approximate surface area is 171 Å². The van der Waals surface area contributed by atoms with Gasteiger partial charge in [0.2, 0.25) is 0 Å². The maximum absolute atomic E-state index is 12.6. The Bertz CT molecular complexity index is 979. The highest BCUT2D eigenvalue weighted by Crippen LogP contribution is 2.30. The first-order chi connectivity index (χ1) is 13.5. The van der Waals surface area contributed by atoms with Crippen LogP contribution in [0.5, 0.6) is 0 Å². The summed E-state index contributed by atoms with van der Waals surface area (Å²) >= 11 is 1.25. The van der Waals surface area contributed by atoms with Crippen LogP contribution in [0, 0.1) is 17.0 Å². The first-order valence-electron chi connectivity index (χ1n) is 9.07. The summed E-state index contributed by atoms with van der Waals surface area (Å²) < 4.78 is 5.41. The number of thiazole rings is 1. The van der Waals surface area contributed by atoms with Crippen LogP contribution < -0.4 is 5.32 Å². The molecule has 1 aliphatic rings. The lowest BCUT2D eigenvalue weighted by molar-refractivity contribution is -0.385. The number of ether oxygens (including phenoxy) is 1. The van der Waals surface area contributed by atoms with Gasteiger partial charge in [0.05, 0.1) is 17.2 Å². The van der Waals surface area contributed by atoms with Gasteiger partial charge in [-0.1, -0.05) is 23.5 Å². The fourth-order valence-electron chi connectivity index (χ4n) is 2.98. The zero-order valence-corrected chi connectivity index (χ0v) is 17.5. The lowest BCUT2D eigenvalue weighted by Crippen LogP contribution is -2.39. The summed E-state index contributed by atoms with van der Waals surface area (Å²) in [6.07, 6.45) is 0.156. The van der Waals surface area contributed by atoms with E-state index in [9.17, 15) is 19.7 Å². The van der Waals surface area contributed by atoms with E-state index in [1.807, 2.05) is 20.8 Å². The van der Waals surface area contributed by atoms with E-state index in [1.165, 1.54) is 17.4 Å². The first kappa shape index (κ1) is 20.7. The molecule has 0 saturated heterocycles. The third-order valence-electron chi connectivity index (χ3n) is 4.27. The molecule has 1 aromatic carbocycles.